The molecule has 0 aromatic carbocycles. The van der Waals surface area contributed by atoms with Gasteiger partial charge in [0.05, 0.1) is 19.8 Å². The molecule has 2 N–H and O–H groups in total. The average Bonchev–Trinajstić information content (AvgIpc) is 3.27. The quantitative estimate of drug-likeness (QED) is 0.354. The SMILES string of the molecule is CCNC(=NCCN1CCOCC1)NC1CCN(C2CCCC2)C1.I. The Balaban J connectivity index is 0.00000225. The first-order chi connectivity index (χ1) is 11.8. The molecule has 146 valence electrons. The molecule has 2 saturated heterocycles. The highest BCUT2D eigenvalue weighted by Crippen LogP contribution is 2.26. The van der Waals surface area contributed by atoms with Gasteiger partial charge in [-0.2, -0.15) is 0 Å². The fraction of sp³-hybridized carbons (Fsp3) is 0.944. The lowest BCUT2D eigenvalue weighted by Gasteiger charge is -2.26. The largest absolute Gasteiger partial charge is 0.379 e. The maximum atomic E-state index is 5.40. The molecule has 0 spiro atoms. The Morgan fingerprint density at radius 3 is 2.60 bits per heavy atom. The van der Waals surface area contributed by atoms with Crippen molar-refractivity contribution in [2.75, 3.05) is 59.0 Å². The van der Waals surface area contributed by atoms with E-state index in [4.69, 9.17) is 9.73 Å². The molecule has 0 amide bonds. The number of hydrogen-bond acceptors (Lipinski definition) is 4. The first-order valence-corrected chi connectivity index (χ1v) is 9.94. The minimum Gasteiger partial charge on any atom is -0.379 e. The van der Waals surface area contributed by atoms with Crippen LogP contribution in [0.5, 0.6) is 0 Å². The molecule has 0 aromatic heterocycles. The number of nitrogens with one attached hydrogen (secondary N) is 2. The van der Waals surface area contributed by atoms with Crippen LogP contribution >= 0.6 is 24.0 Å². The van der Waals surface area contributed by atoms with E-state index in [9.17, 15) is 0 Å². The Bertz CT molecular complexity index is 397. The summed E-state index contributed by atoms with van der Waals surface area (Å²) in [5, 5.41) is 7.07. The molecule has 0 aromatic rings. The van der Waals surface area contributed by atoms with E-state index in [-0.39, 0.29) is 24.0 Å². The van der Waals surface area contributed by atoms with Gasteiger partial charge >= 0.3 is 0 Å². The number of halogens is 1. The molecule has 1 unspecified atom stereocenters. The van der Waals surface area contributed by atoms with Crippen molar-refractivity contribution in [3.05, 3.63) is 0 Å². The van der Waals surface area contributed by atoms with Gasteiger partial charge in [0.15, 0.2) is 5.96 Å². The molecule has 2 heterocycles. The molecular weight excluding hydrogens is 429 g/mol. The standard InChI is InChI=1S/C18H35N5O.HI/c1-2-19-18(20-8-10-22-11-13-24-14-12-22)21-16-7-9-23(15-16)17-5-3-4-6-17;/h16-17H,2-15H2,1H3,(H2,19,20,21);1H. The molecule has 7 heteroatoms. The zero-order valence-corrected chi connectivity index (χ0v) is 18.0. The molecule has 0 bridgehead atoms. The van der Waals surface area contributed by atoms with Crippen molar-refractivity contribution in [1.29, 1.82) is 0 Å². The summed E-state index contributed by atoms with van der Waals surface area (Å²) in [6.45, 7) is 11.2. The van der Waals surface area contributed by atoms with Gasteiger partial charge in [0.1, 0.15) is 0 Å². The third kappa shape index (κ3) is 6.84. The van der Waals surface area contributed by atoms with Crippen molar-refractivity contribution in [2.45, 2.75) is 51.1 Å². The zero-order valence-electron chi connectivity index (χ0n) is 15.7. The lowest BCUT2D eigenvalue weighted by Crippen LogP contribution is -2.45. The average molecular weight is 465 g/mol. The molecule has 3 fully saturated rings. The summed E-state index contributed by atoms with van der Waals surface area (Å²) in [4.78, 5) is 9.92. The van der Waals surface area contributed by atoms with Gasteiger partial charge in [-0.1, -0.05) is 12.8 Å². The highest BCUT2D eigenvalue weighted by Gasteiger charge is 2.30. The van der Waals surface area contributed by atoms with Gasteiger partial charge in [0.2, 0.25) is 0 Å². The molecule has 2 aliphatic heterocycles. The van der Waals surface area contributed by atoms with Crippen LogP contribution in [0.1, 0.15) is 39.0 Å². The topological polar surface area (TPSA) is 52.1 Å². The second kappa shape index (κ2) is 11.6. The van der Waals surface area contributed by atoms with Gasteiger partial charge in [0.25, 0.3) is 0 Å². The number of aliphatic imine (C=N–C) groups is 1. The molecule has 1 saturated carbocycles. The van der Waals surface area contributed by atoms with E-state index in [1.54, 1.807) is 0 Å². The minimum atomic E-state index is 0. The Labute approximate surface area is 170 Å². The summed E-state index contributed by atoms with van der Waals surface area (Å²) in [6.07, 6.45) is 6.89. The molecule has 1 aliphatic carbocycles. The molecule has 3 rings (SSSR count). The third-order valence-electron chi connectivity index (χ3n) is 5.54. The molecule has 3 aliphatic rings. The predicted octanol–water partition coefficient (Wildman–Crippen LogP) is 1.51. The number of rotatable bonds is 6. The van der Waals surface area contributed by atoms with Crippen LogP contribution in [-0.4, -0.2) is 86.9 Å². The molecule has 6 nitrogen and oxygen atoms in total. The first kappa shape index (κ1) is 21.2. The smallest absolute Gasteiger partial charge is 0.191 e. The second-order valence-corrected chi connectivity index (χ2v) is 7.28. The van der Waals surface area contributed by atoms with Gasteiger partial charge < -0.3 is 15.4 Å². The highest BCUT2D eigenvalue weighted by molar-refractivity contribution is 14.0. The van der Waals surface area contributed by atoms with Gasteiger partial charge in [0, 0.05) is 51.4 Å². The van der Waals surface area contributed by atoms with E-state index in [1.807, 2.05) is 0 Å². The Hall–Kier alpha value is -0.120. The van der Waals surface area contributed by atoms with Gasteiger partial charge in [-0.25, -0.2) is 0 Å². The van der Waals surface area contributed by atoms with Crippen LogP contribution < -0.4 is 10.6 Å². The fourth-order valence-corrected chi connectivity index (χ4v) is 4.15. The van der Waals surface area contributed by atoms with Crippen LogP contribution in [0.4, 0.5) is 0 Å². The van der Waals surface area contributed by atoms with Crippen LogP contribution in [-0.2, 0) is 4.74 Å². The number of morpholine rings is 1. The van der Waals surface area contributed by atoms with Crippen LogP contribution in [0.2, 0.25) is 0 Å². The Morgan fingerprint density at radius 2 is 1.88 bits per heavy atom. The molecular formula is C18H36IN5O. The number of hydrogen-bond donors (Lipinski definition) is 2. The lowest BCUT2D eigenvalue weighted by atomic mass is 10.2. The van der Waals surface area contributed by atoms with Crippen molar-refractivity contribution in [3.8, 4) is 0 Å². The van der Waals surface area contributed by atoms with E-state index >= 15 is 0 Å². The highest BCUT2D eigenvalue weighted by atomic mass is 127. The summed E-state index contributed by atoms with van der Waals surface area (Å²) in [7, 11) is 0. The van der Waals surface area contributed by atoms with Crippen LogP contribution in [0, 0.1) is 0 Å². The van der Waals surface area contributed by atoms with Crippen molar-refractivity contribution in [2.24, 2.45) is 4.99 Å². The number of ether oxygens (including phenoxy) is 1. The van der Waals surface area contributed by atoms with Crippen molar-refractivity contribution in [3.63, 3.8) is 0 Å². The second-order valence-electron chi connectivity index (χ2n) is 7.28. The van der Waals surface area contributed by atoms with Crippen LogP contribution in [0.3, 0.4) is 0 Å². The summed E-state index contributed by atoms with van der Waals surface area (Å²) >= 11 is 0. The maximum Gasteiger partial charge on any atom is 0.191 e. The normalized spacial score (nSPS) is 26.6. The monoisotopic (exact) mass is 465 g/mol. The first-order valence-electron chi connectivity index (χ1n) is 9.94. The summed E-state index contributed by atoms with van der Waals surface area (Å²) in [5.74, 6) is 0.990. The summed E-state index contributed by atoms with van der Waals surface area (Å²) < 4.78 is 5.40. The third-order valence-corrected chi connectivity index (χ3v) is 5.54. The summed E-state index contributed by atoms with van der Waals surface area (Å²) in [5.41, 5.74) is 0. The van der Waals surface area contributed by atoms with E-state index < -0.39 is 0 Å². The van der Waals surface area contributed by atoms with Crippen molar-refractivity contribution in [1.82, 2.24) is 20.4 Å². The number of guanidine groups is 1. The van der Waals surface area contributed by atoms with Crippen LogP contribution in [0.25, 0.3) is 0 Å². The van der Waals surface area contributed by atoms with E-state index in [2.05, 4.69) is 27.4 Å². The fourth-order valence-electron chi connectivity index (χ4n) is 4.15. The lowest BCUT2D eigenvalue weighted by molar-refractivity contribution is 0.0394. The maximum absolute atomic E-state index is 5.40. The van der Waals surface area contributed by atoms with E-state index in [0.29, 0.717) is 6.04 Å². The van der Waals surface area contributed by atoms with Crippen LogP contribution in [0.15, 0.2) is 4.99 Å². The van der Waals surface area contributed by atoms with E-state index in [1.165, 1.54) is 45.2 Å². The Morgan fingerprint density at radius 1 is 1.12 bits per heavy atom. The zero-order chi connectivity index (χ0) is 16.6. The minimum absolute atomic E-state index is 0. The van der Waals surface area contributed by atoms with E-state index in [0.717, 1.165) is 57.9 Å². The van der Waals surface area contributed by atoms with Gasteiger partial charge in [-0.3, -0.25) is 14.8 Å². The number of likely N-dealkylation sites (tertiary alicyclic amines) is 1. The molecule has 25 heavy (non-hydrogen) atoms. The number of nitrogens with zero attached hydrogens (tertiary/aromatic N) is 3. The Kier molecular flexibility index (Phi) is 9.80. The molecule has 1 atom stereocenters. The van der Waals surface area contributed by atoms with Crippen molar-refractivity contribution < 1.29 is 4.74 Å². The molecule has 0 radical (unpaired) electrons. The van der Waals surface area contributed by atoms with Gasteiger partial charge in [-0.05, 0) is 26.2 Å². The van der Waals surface area contributed by atoms with Crippen molar-refractivity contribution >= 4 is 29.9 Å². The van der Waals surface area contributed by atoms with Gasteiger partial charge in [-0.15, -0.1) is 24.0 Å². The predicted molar refractivity (Wildman–Crippen MR) is 114 cm³/mol. The summed E-state index contributed by atoms with van der Waals surface area (Å²) in [6, 6.07) is 1.39.